The fourth-order valence-electron chi connectivity index (χ4n) is 2.12. The van der Waals surface area contributed by atoms with Crippen LogP contribution >= 0.6 is 11.6 Å². The minimum absolute atomic E-state index is 0.255. The summed E-state index contributed by atoms with van der Waals surface area (Å²) in [6.45, 7) is 0. The van der Waals surface area contributed by atoms with Crippen LogP contribution in [0.5, 0.6) is 5.88 Å². The van der Waals surface area contributed by atoms with Gasteiger partial charge in [-0.25, -0.2) is 18.4 Å². The van der Waals surface area contributed by atoms with Gasteiger partial charge in [0.2, 0.25) is 5.88 Å². The maximum Gasteiger partial charge on any atom is 0.436 e. The zero-order valence-corrected chi connectivity index (χ0v) is 12.6. The number of rotatable bonds is 2. The highest BCUT2D eigenvalue weighted by Gasteiger charge is 2.35. The summed E-state index contributed by atoms with van der Waals surface area (Å²) in [7, 11) is 0. The average molecular weight is 377 g/mol. The Hall–Kier alpha value is -2.75. The average Bonchev–Trinajstić information content (AvgIpc) is 3.02. The number of hydrogen-bond donors (Lipinski definition) is 1. The molecule has 1 N–H and O–H groups in total. The second kappa shape index (κ2) is 5.96. The van der Waals surface area contributed by atoms with Gasteiger partial charge in [-0.1, -0.05) is 16.8 Å². The normalized spacial score (nSPS) is 11.8. The van der Waals surface area contributed by atoms with E-state index in [9.17, 15) is 27.1 Å². The van der Waals surface area contributed by atoms with Gasteiger partial charge in [0.05, 0.1) is 23.1 Å². The van der Waals surface area contributed by atoms with Gasteiger partial charge in [0.25, 0.3) is 0 Å². The molecule has 2 heterocycles. The first-order valence-electron chi connectivity index (χ1n) is 6.51. The third kappa shape index (κ3) is 3.12. The molecule has 11 heteroatoms. The molecule has 0 atom stereocenters. The van der Waals surface area contributed by atoms with Gasteiger partial charge in [0, 0.05) is 17.2 Å². The molecule has 0 fully saturated rings. The minimum atomic E-state index is -4.76. The summed E-state index contributed by atoms with van der Waals surface area (Å²) in [5.41, 5.74) is -2.52. The fourth-order valence-corrected chi connectivity index (χ4v) is 2.28. The van der Waals surface area contributed by atoms with E-state index in [-0.39, 0.29) is 5.69 Å². The van der Waals surface area contributed by atoms with Gasteiger partial charge in [0.1, 0.15) is 5.82 Å². The Morgan fingerprint density at radius 1 is 1.16 bits per heavy atom. The molecule has 3 rings (SSSR count). The van der Waals surface area contributed by atoms with E-state index >= 15 is 0 Å². The summed E-state index contributed by atoms with van der Waals surface area (Å²) < 4.78 is 67.2. The van der Waals surface area contributed by atoms with Crippen LogP contribution in [0.1, 0.15) is 5.69 Å². The van der Waals surface area contributed by atoms with Crippen molar-refractivity contribution in [1.82, 2.24) is 20.0 Å². The lowest BCUT2D eigenvalue weighted by Crippen LogP contribution is -2.05. The second-order valence-corrected chi connectivity index (χ2v) is 5.23. The van der Waals surface area contributed by atoms with Gasteiger partial charge in [0.15, 0.2) is 11.5 Å². The molecule has 0 bridgehead atoms. The zero-order chi connectivity index (χ0) is 18.4. The summed E-state index contributed by atoms with van der Waals surface area (Å²) >= 11 is 5.69. The number of nitrogens with zero attached hydrogens (tertiary/aromatic N) is 4. The van der Waals surface area contributed by atoms with Crippen LogP contribution in [0.25, 0.3) is 16.8 Å². The first kappa shape index (κ1) is 17.1. The van der Waals surface area contributed by atoms with Gasteiger partial charge in [-0.2, -0.15) is 13.2 Å². The quantitative estimate of drug-likeness (QED) is 0.687. The highest BCUT2D eigenvalue weighted by Crippen LogP contribution is 2.36. The van der Waals surface area contributed by atoms with Crippen LogP contribution in [0.3, 0.4) is 0 Å². The number of hydrogen-bond acceptors (Lipinski definition) is 4. The molecule has 0 aliphatic carbocycles. The van der Waals surface area contributed by atoms with Crippen LogP contribution in [-0.4, -0.2) is 25.1 Å². The summed E-state index contributed by atoms with van der Waals surface area (Å²) in [4.78, 5) is 3.30. The molecule has 0 saturated carbocycles. The van der Waals surface area contributed by atoms with Crippen molar-refractivity contribution in [1.29, 1.82) is 0 Å². The summed E-state index contributed by atoms with van der Waals surface area (Å²) in [6, 6.07) is 3.03. The number of aromatic hydroxyl groups is 1. The molecule has 0 unspecified atom stereocenters. The summed E-state index contributed by atoms with van der Waals surface area (Å²) in [5.74, 6) is -2.74. The van der Waals surface area contributed by atoms with E-state index in [1.807, 2.05) is 0 Å². The molecule has 3 aromatic rings. The van der Waals surface area contributed by atoms with Gasteiger partial charge in [-0.05, 0) is 12.1 Å². The molecule has 1 aromatic carbocycles. The van der Waals surface area contributed by atoms with E-state index in [2.05, 4.69) is 15.3 Å². The molecule has 0 saturated heterocycles. The van der Waals surface area contributed by atoms with Crippen molar-refractivity contribution >= 4 is 11.6 Å². The molecule has 0 radical (unpaired) electrons. The van der Waals surface area contributed by atoms with E-state index < -0.39 is 45.5 Å². The smallest absolute Gasteiger partial charge is 0.436 e. The number of pyridine rings is 1. The third-order valence-corrected chi connectivity index (χ3v) is 3.51. The van der Waals surface area contributed by atoms with Gasteiger partial charge in [-0.15, -0.1) is 5.10 Å². The van der Waals surface area contributed by atoms with E-state index in [1.54, 1.807) is 0 Å². The number of halogens is 6. The van der Waals surface area contributed by atoms with Crippen molar-refractivity contribution in [3.05, 3.63) is 52.9 Å². The molecule has 130 valence electrons. The van der Waals surface area contributed by atoms with Crippen molar-refractivity contribution in [3.63, 3.8) is 0 Å². The largest absolute Gasteiger partial charge is 0.493 e. The minimum Gasteiger partial charge on any atom is -0.493 e. The monoisotopic (exact) mass is 376 g/mol. The van der Waals surface area contributed by atoms with E-state index in [4.69, 9.17) is 11.6 Å². The van der Waals surface area contributed by atoms with Crippen LogP contribution in [0.4, 0.5) is 22.0 Å². The summed E-state index contributed by atoms with van der Waals surface area (Å²) in [5, 5.41) is 15.3. The number of aromatic nitrogens is 4. The highest BCUT2D eigenvalue weighted by atomic mass is 35.5. The molecule has 0 spiro atoms. The van der Waals surface area contributed by atoms with Crippen molar-refractivity contribution in [3.8, 4) is 22.7 Å². The lowest BCUT2D eigenvalue weighted by Gasteiger charge is -2.12. The Morgan fingerprint density at radius 2 is 1.88 bits per heavy atom. The van der Waals surface area contributed by atoms with Gasteiger partial charge < -0.3 is 5.11 Å². The van der Waals surface area contributed by atoms with Crippen molar-refractivity contribution in [2.45, 2.75) is 6.18 Å². The van der Waals surface area contributed by atoms with Crippen LogP contribution in [0, 0.1) is 11.6 Å². The Morgan fingerprint density at radius 3 is 2.52 bits per heavy atom. The maximum absolute atomic E-state index is 14.5. The van der Waals surface area contributed by atoms with Crippen molar-refractivity contribution in [2.24, 2.45) is 0 Å². The van der Waals surface area contributed by atoms with E-state index in [0.29, 0.717) is 17.1 Å². The number of alkyl halides is 3. The molecule has 25 heavy (non-hydrogen) atoms. The lowest BCUT2D eigenvalue weighted by molar-refractivity contribution is -0.141. The first-order valence-corrected chi connectivity index (χ1v) is 6.89. The SMILES string of the molecule is Oc1cc(-c2c(-n3cc(C(F)(F)F)nn3)ccc(Cl)c2F)c(F)cn1. The molecule has 5 nitrogen and oxygen atoms in total. The molecule has 0 amide bonds. The summed E-state index contributed by atoms with van der Waals surface area (Å²) in [6.07, 6.45) is -3.61. The maximum atomic E-state index is 14.5. The predicted molar refractivity (Wildman–Crippen MR) is 76.2 cm³/mol. The molecular weight excluding hydrogens is 371 g/mol. The lowest BCUT2D eigenvalue weighted by atomic mass is 10.0. The van der Waals surface area contributed by atoms with Crippen LogP contribution in [0.2, 0.25) is 5.02 Å². The van der Waals surface area contributed by atoms with Gasteiger partial charge >= 0.3 is 6.18 Å². The van der Waals surface area contributed by atoms with Crippen LogP contribution in [0.15, 0.2) is 30.6 Å². The predicted octanol–water partition coefficient (Wildman–Crippen LogP) is 3.99. The fraction of sp³-hybridized carbons (Fsp3) is 0.0714. The highest BCUT2D eigenvalue weighted by molar-refractivity contribution is 6.31. The molecule has 2 aromatic heterocycles. The first-order chi connectivity index (χ1) is 11.7. The third-order valence-electron chi connectivity index (χ3n) is 3.21. The van der Waals surface area contributed by atoms with E-state index in [0.717, 1.165) is 18.2 Å². The Bertz CT molecular complexity index is 957. The second-order valence-electron chi connectivity index (χ2n) is 4.82. The zero-order valence-electron chi connectivity index (χ0n) is 11.9. The van der Waals surface area contributed by atoms with Crippen molar-refractivity contribution < 1.29 is 27.1 Å². The Labute approximate surface area is 141 Å². The van der Waals surface area contributed by atoms with Crippen LogP contribution < -0.4 is 0 Å². The molecular formula is C14H6ClF5N4O. The Balaban J connectivity index is 2.27. The standard InChI is InChI=1S/C14H6ClF5N4O/c15-7-1-2-9(24-5-10(22-23-24)14(18,19)20)12(13(7)17)6-3-11(25)21-4-8(6)16/h1-5H,(H,21,25). The molecule has 0 aliphatic rings. The van der Waals surface area contributed by atoms with Crippen molar-refractivity contribution in [2.75, 3.05) is 0 Å². The topological polar surface area (TPSA) is 63.8 Å². The van der Waals surface area contributed by atoms with E-state index in [1.165, 1.54) is 0 Å². The van der Waals surface area contributed by atoms with Crippen LogP contribution in [-0.2, 0) is 6.18 Å². The Kier molecular flexibility index (Phi) is 4.07. The van der Waals surface area contributed by atoms with Gasteiger partial charge in [-0.3, -0.25) is 0 Å². The number of benzene rings is 1. The molecule has 0 aliphatic heterocycles.